The Morgan fingerprint density at radius 1 is 1.21 bits per heavy atom. The van der Waals surface area contributed by atoms with Crippen LogP contribution in [0, 0.1) is 5.92 Å². The number of fused-ring (bicyclic) bond motifs is 3. The van der Waals surface area contributed by atoms with Gasteiger partial charge in [-0.15, -0.1) is 0 Å². The van der Waals surface area contributed by atoms with Gasteiger partial charge in [-0.05, 0) is 53.8 Å². The first-order valence-corrected chi connectivity index (χ1v) is 9.01. The van der Waals surface area contributed by atoms with E-state index in [0.717, 1.165) is 22.3 Å². The molecule has 0 radical (unpaired) electrons. The van der Waals surface area contributed by atoms with Crippen molar-refractivity contribution in [2.75, 3.05) is 10.6 Å². The quantitative estimate of drug-likeness (QED) is 0.697. The van der Waals surface area contributed by atoms with Crippen LogP contribution in [0.1, 0.15) is 36.4 Å². The molecule has 1 aliphatic carbocycles. The van der Waals surface area contributed by atoms with Crippen LogP contribution in [0.5, 0.6) is 0 Å². The summed E-state index contributed by atoms with van der Waals surface area (Å²) in [4.78, 5) is 11.3. The molecule has 2 aromatic carbocycles. The molecule has 0 bridgehead atoms. The third-order valence-electron chi connectivity index (χ3n) is 4.91. The van der Waals surface area contributed by atoms with Crippen molar-refractivity contribution in [1.29, 1.82) is 0 Å². The maximum Gasteiger partial charge on any atom is 0.221 e. The molecule has 4 heteroatoms. The zero-order chi connectivity index (χ0) is 16.7. The Morgan fingerprint density at radius 3 is 2.75 bits per heavy atom. The SMILES string of the molecule is CC(=O)Nc1ccc2c(c1)[C@H]1C=CC[C@@H]1[C@H](c1ccc(Br)cc1)N2. The lowest BCUT2D eigenvalue weighted by Crippen LogP contribution is -2.29. The average molecular weight is 383 g/mol. The van der Waals surface area contributed by atoms with E-state index in [9.17, 15) is 4.79 Å². The van der Waals surface area contributed by atoms with Crippen LogP contribution >= 0.6 is 15.9 Å². The Labute approximate surface area is 150 Å². The minimum absolute atomic E-state index is 0.0371. The predicted octanol–water partition coefficient (Wildman–Crippen LogP) is 5.23. The molecule has 3 nitrogen and oxygen atoms in total. The third kappa shape index (κ3) is 2.75. The molecule has 1 heterocycles. The van der Waals surface area contributed by atoms with Gasteiger partial charge in [0.1, 0.15) is 0 Å². The summed E-state index contributed by atoms with van der Waals surface area (Å²) in [5.41, 5.74) is 4.61. The van der Waals surface area contributed by atoms with E-state index >= 15 is 0 Å². The molecule has 0 unspecified atom stereocenters. The highest BCUT2D eigenvalue weighted by atomic mass is 79.9. The Bertz CT molecular complexity index is 813. The molecule has 24 heavy (non-hydrogen) atoms. The smallest absolute Gasteiger partial charge is 0.221 e. The van der Waals surface area contributed by atoms with E-state index in [1.807, 2.05) is 6.07 Å². The Hall–Kier alpha value is -2.07. The standard InChI is InChI=1S/C20H19BrN2O/c1-12(24)22-15-9-10-19-18(11-15)16-3-2-4-17(16)20(23-19)13-5-7-14(21)8-6-13/h2-3,5-11,16-17,20,23H,4H2,1H3,(H,22,24)/t16-,17-,20-/m0/s1. The van der Waals surface area contributed by atoms with Crippen LogP contribution in [-0.2, 0) is 4.79 Å². The van der Waals surface area contributed by atoms with E-state index in [1.54, 1.807) is 6.92 Å². The molecule has 122 valence electrons. The van der Waals surface area contributed by atoms with Crippen LogP contribution in [0.3, 0.4) is 0 Å². The highest BCUT2D eigenvalue weighted by Crippen LogP contribution is 2.50. The van der Waals surface area contributed by atoms with Gasteiger partial charge in [-0.2, -0.15) is 0 Å². The fraction of sp³-hybridized carbons (Fsp3) is 0.250. The highest BCUT2D eigenvalue weighted by Gasteiger charge is 2.37. The van der Waals surface area contributed by atoms with Crippen molar-refractivity contribution in [3.8, 4) is 0 Å². The first-order chi connectivity index (χ1) is 11.6. The number of carbonyl (C=O) groups excluding carboxylic acids is 1. The van der Waals surface area contributed by atoms with Gasteiger partial charge in [0.2, 0.25) is 5.91 Å². The van der Waals surface area contributed by atoms with Gasteiger partial charge in [0, 0.05) is 28.7 Å². The molecule has 0 saturated carbocycles. The molecule has 4 rings (SSSR count). The molecule has 0 aromatic heterocycles. The maximum atomic E-state index is 11.3. The number of nitrogens with one attached hydrogen (secondary N) is 2. The summed E-state index contributed by atoms with van der Waals surface area (Å²) in [6, 6.07) is 15.0. The van der Waals surface area contributed by atoms with Gasteiger partial charge in [0.15, 0.2) is 0 Å². The van der Waals surface area contributed by atoms with Crippen LogP contribution < -0.4 is 10.6 Å². The Kier molecular flexibility index (Phi) is 3.93. The largest absolute Gasteiger partial charge is 0.378 e. The first kappa shape index (κ1) is 15.5. The van der Waals surface area contributed by atoms with Crippen molar-refractivity contribution in [2.24, 2.45) is 5.92 Å². The van der Waals surface area contributed by atoms with E-state index in [2.05, 4.69) is 75.1 Å². The third-order valence-corrected chi connectivity index (χ3v) is 5.44. The monoisotopic (exact) mass is 382 g/mol. The van der Waals surface area contributed by atoms with Gasteiger partial charge in [-0.25, -0.2) is 0 Å². The Balaban J connectivity index is 1.72. The topological polar surface area (TPSA) is 41.1 Å². The van der Waals surface area contributed by atoms with Gasteiger partial charge >= 0.3 is 0 Å². The van der Waals surface area contributed by atoms with Crippen molar-refractivity contribution >= 4 is 33.2 Å². The lowest BCUT2D eigenvalue weighted by atomic mass is 9.77. The second kappa shape index (κ2) is 6.10. The van der Waals surface area contributed by atoms with E-state index in [0.29, 0.717) is 17.9 Å². The number of hydrogen-bond donors (Lipinski definition) is 2. The molecule has 2 aromatic rings. The number of amides is 1. The minimum Gasteiger partial charge on any atom is -0.378 e. The normalized spacial score (nSPS) is 24.0. The van der Waals surface area contributed by atoms with Crippen LogP contribution in [0.15, 0.2) is 59.1 Å². The highest BCUT2D eigenvalue weighted by molar-refractivity contribution is 9.10. The average Bonchev–Trinajstić information content (AvgIpc) is 3.04. The minimum atomic E-state index is -0.0371. The summed E-state index contributed by atoms with van der Waals surface area (Å²) < 4.78 is 1.10. The molecular formula is C20H19BrN2O. The molecule has 0 saturated heterocycles. The van der Waals surface area contributed by atoms with Crippen LogP contribution in [0.25, 0.3) is 0 Å². The maximum absolute atomic E-state index is 11.3. The fourth-order valence-corrected chi connectivity index (χ4v) is 4.14. The molecule has 2 aliphatic rings. The van der Waals surface area contributed by atoms with E-state index in [-0.39, 0.29) is 5.91 Å². The molecule has 0 spiro atoms. The first-order valence-electron chi connectivity index (χ1n) is 8.22. The molecule has 1 aliphatic heterocycles. The van der Waals surface area contributed by atoms with Crippen molar-refractivity contribution in [3.05, 3.63) is 70.2 Å². The number of allylic oxidation sites excluding steroid dienone is 2. The van der Waals surface area contributed by atoms with Gasteiger partial charge in [0.25, 0.3) is 0 Å². The van der Waals surface area contributed by atoms with Crippen molar-refractivity contribution in [3.63, 3.8) is 0 Å². The van der Waals surface area contributed by atoms with Crippen LogP contribution in [0.2, 0.25) is 0 Å². The summed E-state index contributed by atoms with van der Waals surface area (Å²) in [6.07, 6.45) is 5.67. The van der Waals surface area contributed by atoms with Crippen molar-refractivity contribution in [1.82, 2.24) is 0 Å². The lowest BCUT2D eigenvalue weighted by molar-refractivity contribution is -0.114. The number of halogens is 1. The number of hydrogen-bond acceptors (Lipinski definition) is 2. The van der Waals surface area contributed by atoms with Gasteiger partial charge < -0.3 is 10.6 Å². The van der Waals surface area contributed by atoms with Crippen LogP contribution in [0.4, 0.5) is 11.4 Å². The van der Waals surface area contributed by atoms with Gasteiger partial charge in [0.05, 0.1) is 6.04 Å². The van der Waals surface area contributed by atoms with Crippen molar-refractivity contribution < 1.29 is 4.79 Å². The zero-order valence-corrected chi connectivity index (χ0v) is 15.0. The summed E-state index contributed by atoms with van der Waals surface area (Å²) in [5, 5.41) is 6.60. The summed E-state index contributed by atoms with van der Waals surface area (Å²) in [5.74, 6) is 0.861. The van der Waals surface area contributed by atoms with E-state index in [4.69, 9.17) is 0 Å². The molecule has 3 atom stereocenters. The number of carbonyl (C=O) groups is 1. The van der Waals surface area contributed by atoms with Gasteiger partial charge in [-0.3, -0.25) is 4.79 Å². The summed E-state index contributed by atoms with van der Waals surface area (Å²) in [7, 11) is 0. The second-order valence-electron chi connectivity index (χ2n) is 6.51. The number of benzene rings is 2. The predicted molar refractivity (Wildman–Crippen MR) is 101 cm³/mol. The fourth-order valence-electron chi connectivity index (χ4n) is 3.88. The van der Waals surface area contributed by atoms with Gasteiger partial charge in [-0.1, -0.05) is 40.2 Å². The molecule has 1 amide bonds. The van der Waals surface area contributed by atoms with Crippen LogP contribution in [-0.4, -0.2) is 5.91 Å². The second-order valence-corrected chi connectivity index (χ2v) is 7.43. The number of rotatable bonds is 2. The van der Waals surface area contributed by atoms with E-state index < -0.39 is 0 Å². The van der Waals surface area contributed by atoms with E-state index in [1.165, 1.54) is 11.1 Å². The zero-order valence-electron chi connectivity index (χ0n) is 13.4. The van der Waals surface area contributed by atoms with Crippen molar-refractivity contribution in [2.45, 2.75) is 25.3 Å². The molecule has 2 N–H and O–H groups in total. The summed E-state index contributed by atoms with van der Waals surface area (Å²) in [6.45, 7) is 1.54. The summed E-state index contributed by atoms with van der Waals surface area (Å²) >= 11 is 3.51. The number of anilines is 2. The molecule has 0 fully saturated rings. The molecular weight excluding hydrogens is 364 g/mol. The Morgan fingerprint density at radius 2 is 2.00 bits per heavy atom. The lowest BCUT2D eigenvalue weighted by Gasteiger charge is -2.37.